The third-order valence-corrected chi connectivity index (χ3v) is 2.78. The van der Waals surface area contributed by atoms with Crippen molar-refractivity contribution in [3.63, 3.8) is 0 Å². The summed E-state index contributed by atoms with van der Waals surface area (Å²) in [6.45, 7) is 7.68. The number of carbonyl (C=O) groups is 1. The van der Waals surface area contributed by atoms with Crippen LogP contribution in [0.15, 0.2) is 0 Å². The van der Waals surface area contributed by atoms with Crippen molar-refractivity contribution < 1.29 is 9.53 Å². The highest BCUT2D eigenvalue weighted by atomic mass is 16.5. The Morgan fingerprint density at radius 2 is 2.20 bits per heavy atom. The number of hydrogen-bond acceptors (Lipinski definition) is 3. The molecule has 1 rings (SSSR count). The minimum atomic E-state index is 0.0739. The molecule has 88 valence electrons. The fourth-order valence-electron chi connectivity index (χ4n) is 2.09. The third-order valence-electron chi connectivity index (χ3n) is 2.78. The largest absolute Gasteiger partial charge is 0.369 e. The van der Waals surface area contributed by atoms with E-state index in [1.807, 2.05) is 11.8 Å². The lowest BCUT2D eigenvalue weighted by Gasteiger charge is -2.40. The summed E-state index contributed by atoms with van der Waals surface area (Å²) < 4.78 is 5.29. The molecule has 0 saturated carbocycles. The molecule has 0 radical (unpaired) electrons. The van der Waals surface area contributed by atoms with Crippen molar-refractivity contribution in [2.24, 2.45) is 11.7 Å². The summed E-state index contributed by atoms with van der Waals surface area (Å²) in [7, 11) is 0. The molecule has 4 heteroatoms. The van der Waals surface area contributed by atoms with Crippen LogP contribution in [0.1, 0.15) is 27.2 Å². The molecule has 15 heavy (non-hydrogen) atoms. The van der Waals surface area contributed by atoms with E-state index in [2.05, 4.69) is 13.8 Å². The van der Waals surface area contributed by atoms with Crippen LogP contribution >= 0.6 is 0 Å². The normalized spacial score (nSPS) is 24.7. The van der Waals surface area contributed by atoms with E-state index in [-0.39, 0.29) is 24.6 Å². The summed E-state index contributed by atoms with van der Waals surface area (Å²) in [5.41, 5.74) is 5.62. The molecule has 0 bridgehead atoms. The molecule has 2 unspecified atom stereocenters. The van der Waals surface area contributed by atoms with Crippen LogP contribution < -0.4 is 5.73 Å². The van der Waals surface area contributed by atoms with Crippen molar-refractivity contribution >= 4 is 5.91 Å². The van der Waals surface area contributed by atoms with Crippen molar-refractivity contribution in [1.82, 2.24) is 4.90 Å². The molecule has 1 saturated heterocycles. The Hall–Kier alpha value is -0.610. The van der Waals surface area contributed by atoms with Gasteiger partial charge in [-0.1, -0.05) is 13.8 Å². The number of hydrogen-bond donors (Lipinski definition) is 1. The van der Waals surface area contributed by atoms with E-state index in [0.717, 1.165) is 6.42 Å². The first-order chi connectivity index (χ1) is 7.06. The second-order valence-electron chi connectivity index (χ2n) is 4.68. The lowest BCUT2D eigenvalue weighted by atomic mass is 10.0. The molecular formula is C11H22N2O2. The van der Waals surface area contributed by atoms with Crippen molar-refractivity contribution in [3.05, 3.63) is 0 Å². The Bertz CT molecular complexity index is 219. The lowest BCUT2D eigenvalue weighted by molar-refractivity contribution is -0.151. The van der Waals surface area contributed by atoms with Gasteiger partial charge in [-0.3, -0.25) is 4.79 Å². The Labute approximate surface area is 91.8 Å². The number of nitrogens with zero attached hydrogens (tertiary/aromatic N) is 1. The standard InChI is InChI=1S/C11H22N2O2/c1-8(2)4-10-6-15-7-11(14)13(10)9(3)5-12/h8-10H,4-7,12H2,1-3H3. The van der Waals surface area contributed by atoms with Crippen LogP contribution in [0, 0.1) is 5.92 Å². The van der Waals surface area contributed by atoms with E-state index in [1.165, 1.54) is 0 Å². The number of nitrogens with two attached hydrogens (primary N) is 1. The van der Waals surface area contributed by atoms with Gasteiger partial charge in [0.05, 0.1) is 12.6 Å². The zero-order valence-electron chi connectivity index (χ0n) is 9.90. The molecule has 1 aliphatic heterocycles. The zero-order chi connectivity index (χ0) is 11.4. The summed E-state index contributed by atoms with van der Waals surface area (Å²) in [6.07, 6.45) is 0.982. The summed E-state index contributed by atoms with van der Waals surface area (Å²) in [5, 5.41) is 0. The molecule has 4 nitrogen and oxygen atoms in total. The monoisotopic (exact) mass is 214 g/mol. The molecule has 2 atom stereocenters. The van der Waals surface area contributed by atoms with E-state index in [0.29, 0.717) is 19.1 Å². The van der Waals surface area contributed by atoms with Crippen LogP contribution in [-0.4, -0.2) is 42.6 Å². The van der Waals surface area contributed by atoms with Crippen molar-refractivity contribution in [2.45, 2.75) is 39.3 Å². The molecule has 1 fully saturated rings. The Kier molecular flexibility index (Phi) is 4.54. The second kappa shape index (κ2) is 5.47. The SMILES string of the molecule is CC(C)CC1COCC(=O)N1C(C)CN. The molecule has 1 aliphatic rings. The van der Waals surface area contributed by atoms with Crippen LogP contribution in [0.5, 0.6) is 0 Å². The van der Waals surface area contributed by atoms with Gasteiger partial charge in [-0.2, -0.15) is 0 Å². The van der Waals surface area contributed by atoms with Crippen molar-refractivity contribution in [3.8, 4) is 0 Å². The van der Waals surface area contributed by atoms with E-state index < -0.39 is 0 Å². The quantitative estimate of drug-likeness (QED) is 0.746. The smallest absolute Gasteiger partial charge is 0.249 e. The van der Waals surface area contributed by atoms with E-state index in [1.54, 1.807) is 0 Å². The van der Waals surface area contributed by atoms with Crippen LogP contribution in [0.3, 0.4) is 0 Å². The van der Waals surface area contributed by atoms with E-state index in [9.17, 15) is 4.79 Å². The number of ether oxygens (including phenoxy) is 1. The minimum Gasteiger partial charge on any atom is -0.369 e. The number of morpholine rings is 1. The van der Waals surface area contributed by atoms with Gasteiger partial charge in [0, 0.05) is 12.6 Å². The van der Waals surface area contributed by atoms with E-state index >= 15 is 0 Å². The summed E-state index contributed by atoms with van der Waals surface area (Å²) in [5.74, 6) is 0.641. The lowest BCUT2D eigenvalue weighted by Crippen LogP contribution is -2.55. The molecule has 0 spiro atoms. The fourth-order valence-corrected chi connectivity index (χ4v) is 2.09. The predicted octanol–water partition coefficient (Wildman–Crippen LogP) is 0.607. The average Bonchev–Trinajstić information content (AvgIpc) is 2.16. The highest BCUT2D eigenvalue weighted by molar-refractivity contribution is 5.78. The van der Waals surface area contributed by atoms with Crippen molar-refractivity contribution in [1.29, 1.82) is 0 Å². The molecule has 0 aliphatic carbocycles. The second-order valence-corrected chi connectivity index (χ2v) is 4.68. The van der Waals surface area contributed by atoms with Crippen LogP contribution in [0.2, 0.25) is 0 Å². The highest BCUT2D eigenvalue weighted by Gasteiger charge is 2.31. The van der Waals surface area contributed by atoms with Crippen LogP contribution in [-0.2, 0) is 9.53 Å². The van der Waals surface area contributed by atoms with Gasteiger partial charge in [0.25, 0.3) is 0 Å². The molecule has 1 heterocycles. The average molecular weight is 214 g/mol. The maximum absolute atomic E-state index is 11.7. The van der Waals surface area contributed by atoms with Gasteiger partial charge < -0.3 is 15.4 Å². The third kappa shape index (κ3) is 3.18. The number of carbonyl (C=O) groups excluding carboxylic acids is 1. The molecule has 2 N–H and O–H groups in total. The van der Waals surface area contributed by atoms with Crippen LogP contribution in [0.4, 0.5) is 0 Å². The molecule has 0 aromatic carbocycles. The first-order valence-corrected chi connectivity index (χ1v) is 5.65. The van der Waals surface area contributed by atoms with Gasteiger partial charge in [0.2, 0.25) is 5.91 Å². The number of amides is 1. The Balaban J connectivity index is 2.68. The highest BCUT2D eigenvalue weighted by Crippen LogP contribution is 2.18. The summed E-state index contributed by atoms with van der Waals surface area (Å²) in [4.78, 5) is 13.6. The van der Waals surface area contributed by atoms with Gasteiger partial charge in [-0.25, -0.2) is 0 Å². The van der Waals surface area contributed by atoms with Crippen LogP contribution in [0.25, 0.3) is 0 Å². The molecule has 0 aromatic heterocycles. The molecular weight excluding hydrogens is 192 g/mol. The van der Waals surface area contributed by atoms with Crippen molar-refractivity contribution in [2.75, 3.05) is 19.8 Å². The Morgan fingerprint density at radius 3 is 2.73 bits per heavy atom. The molecule has 1 amide bonds. The molecule has 0 aromatic rings. The minimum absolute atomic E-state index is 0.0739. The predicted molar refractivity (Wildman–Crippen MR) is 59.4 cm³/mol. The van der Waals surface area contributed by atoms with Gasteiger partial charge >= 0.3 is 0 Å². The maximum Gasteiger partial charge on any atom is 0.249 e. The Morgan fingerprint density at radius 1 is 1.53 bits per heavy atom. The first-order valence-electron chi connectivity index (χ1n) is 5.65. The first kappa shape index (κ1) is 12.5. The van der Waals surface area contributed by atoms with E-state index in [4.69, 9.17) is 10.5 Å². The summed E-state index contributed by atoms with van der Waals surface area (Å²) >= 11 is 0. The van der Waals surface area contributed by atoms with Gasteiger partial charge in [-0.05, 0) is 19.3 Å². The fraction of sp³-hybridized carbons (Fsp3) is 0.909. The topological polar surface area (TPSA) is 55.6 Å². The zero-order valence-corrected chi connectivity index (χ0v) is 9.90. The maximum atomic E-state index is 11.7. The van der Waals surface area contributed by atoms with Gasteiger partial charge in [-0.15, -0.1) is 0 Å². The van der Waals surface area contributed by atoms with Gasteiger partial charge in [0.15, 0.2) is 0 Å². The van der Waals surface area contributed by atoms with Gasteiger partial charge in [0.1, 0.15) is 6.61 Å². The summed E-state index contributed by atoms with van der Waals surface area (Å²) in [6, 6.07) is 0.315. The number of rotatable bonds is 4.